The number of pyridine rings is 1. The molecular weight excluding hydrogens is 332 g/mol. The first kappa shape index (κ1) is 19.4. The molecule has 0 saturated carbocycles. The molecule has 1 aromatic carbocycles. The molecule has 26 heavy (non-hydrogen) atoms. The number of aromatic nitrogens is 1. The second-order valence-corrected chi connectivity index (χ2v) is 5.88. The first-order valence-corrected chi connectivity index (χ1v) is 8.43. The summed E-state index contributed by atoms with van der Waals surface area (Å²) in [6.07, 6.45) is 1.55. The molecule has 0 radical (unpaired) electrons. The Labute approximate surface area is 153 Å². The second-order valence-electron chi connectivity index (χ2n) is 5.88. The SMILES string of the molecule is CCOC(=O)c1ccccc1Nc1ccnc(C(=O)NCCN(C)C)c1. The van der Waals surface area contributed by atoms with Crippen LogP contribution in [0.5, 0.6) is 0 Å². The Morgan fingerprint density at radius 3 is 2.69 bits per heavy atom. The first-order valence-electron chi connectivity index (χ1n) is 8.43. The van der Waals surface area contributed by atoms with Crippen molar-refractivity contribution in [1.82, 2.24) is 15.2 Å². The maximum Gasteiger partial charge on any atom is 0.340 e. The van der Waals surface area contributed by atoms with Crippen LogP contribution in [0.1, 0.15) is 27.8 Å². The van der Waals surface area contributed by atoms with Gasteiger partial charge in [-0.1, -0.05) is 12.1 Å². The Hall–Kier alpha value is -2.93. The van der Waals surface area contributed by atoms with Crippen molar-refractivity contribution < 1.29 is 14.3 Å². The highest BCUT2D eigenvalue weighted by atomic mass is 16.5. The summed E-state index contributed by atoms with van der Waals surface area (Å²) in [5, 5.41) is 5.98. The maximum absolute atomic E-state index is 12.2. The molecule has 7 heteroatoms. The molecule has 138 valence electrons. The molecule has 0 aliphatic heterocycles. The standard InChI is InChI=1S/C19H24N4O3/c1-4-26-19(25)15-7-5-6-8-16(15)22-14-9-10-20-17(13-14)18(24)21-11-12-23(2)3/h5-10,13H,4,11-12H2,1-3H3,(H,20,22)(H,21,24). The van der Waals surface area contributed by atoms with Crippen molar-refractivity contribution in [3.63, 3.8) is 0 Å². The Kier molecular flexibility index (Phi) is 7.11. The monoisotopic (exact) mass is 356 g/mol. The summed E-state index contributed by atoms with van der Waals surface area (Å²) in [5.41, 5.74) is 2.01. The lowest BCUT2D eigenvalue weighted by molar-refractivity contribution is 0.0527. The van der Waals surface area contributed by atoms with Crippen LogP contribution in [-0.4, -0.2) is 55.6 Å². The molecule has 0 saturated heterocycles. The number of carbonyl (C=O) groups is 2. The molecule has 1 amide bonds. The number of nitrogens with zero attached hydrogens (tertiary/aromatic N) is 2. The molecule has 7 nitrogen and oxygen atoms in total. The van der Waals surface area contributed by atoms with Crippen LogP contribution in [0.2, 0.25) is 0 Å². The second kappa shape index (κ2) is 9.53. The average molecular weight is 356 g/mol. The lowest BCUT2D eigenvalue weighted by Crippen LogP contribution is -2.31. The number of para-hydroxylation sites is 1. The number of amides is 1. The van der Waals surface area contributed by atoms with Gasteiger partial charge in [0, 0.05) is 25.0 Å². The summed E-state index contributed by atoms with van der Waals surface area (Å²) in [7, 11) is 3.88. The van der Waals surface area contributed by atoms with Gasteiger partial charge in [0.15, 0.2) is 0 Å². The van der Waals surface area contributed by atoms with Gasteiger partial charge in [-0.15, -0.1) is 0 Å². The Bertz CT molecular complexity index is 762. The molecule has 2 N–H and O–H groups in total. The molecule has 0 aliphatic carbocycles. The summed E-state index contributed by atoms with van der Waals surface area (Å²) in [6, 6.07) is 10.4. The third kappa shape index (κ3) is 5.56. The van der Waals surface area contributed by atoms with Crippen LogP contribution in [0.4, 0.5) is 11.4 Å². The summed E-state index contributed by atoms with van der Waals surface area (Å²) in [6.45, 7) is 3.35. The van der Waals surface area contributed by atoms with Gasteiger partial charge in [-0.2, -0.15) is 0 Å². The Morgan fingerprint density at radius 1 is 1.19 bits per heavy atom. The molecule has 1 heterocycles. The molecule has 0 fully saturated rings. The van der Waals surface area contributed by atoms with Crippen LogP contribution in [0.25, 0.3) is 0 Å². The van der Waals surface area contributed by atoms with Crippen molar-refractivity contribution in [2.75, 3.05) is 39.1 Å². The van der Waals surface area contributed by atoms with E-state index in [9.17, 15) is 9.59 Å². The highest BCUT2D eigenvalue weighted by Crippen LogP contribution is 2.21. The van der Waals surface area contributed by atoms with Crippen LogP contribution in [0.15, 0.2) is 42.6 Å². The molecule has 0 unspecified atom stereocenters. The van der Waals surface area contributed by atoms with Gasteiger partial charge in [-0.05, 0) is 45.3 Å². The fraction of sp³-hybridized carbons (Fsp3) is 0.316. The van der Waals surface area contributed by atoms with E-state index in [1.165, 1.54) is 0 Å². The number of benzene rings is 1. The minimum Gasteiger partial charge on any atom is -0.462 e. The van der Waals surface area contributed by atoms with E-state index >= 15 is 0 Å². The molecule has 0 aliphatic rings. The number of anilines is 2. The van der Waals surface area contributed by atoms with Crippen LogP contribution in [0.3, 0.4) is 0 Å². The van der Waals surface area contributed by atoms with Crippen LogP contribution in [-0.2, 0) is 4.74 Å². The average Bonchev–Trinajstić information content (AvgIpc) is 2.62. The number of rotatable bonds is 8. The molecule has 1 aromatic heterocycles. The van der Waals surface area contributed by atoms with Crippen molar-refractivity contribution in [3.05, 3.63) is 53.9 Å². The quantitative estimate of drug-likeness (QED) is 0.706. The van der Waals surface area contributed by atoms with Crippen LogP contribution < -0.4 is 10.6 Å². The fourth-order valence-corrected chi connectivity index (χ4v) is 2.25. The summed E-state index contributed by atoms with van der Waals surface area (Å²) < 4.78 is 5.07. The summed E-state index contributed by atoms with van der Waals surface area (Å²) >= 11 is 0. The number of likely N-dealkylation sites (N-methyl/N-ethyl adjacent to an activating group) is 1. The van der Waals surface area contributed by atoms with E-state index in [0.29, 0.717) is 35.8 Å². The molecule has 0 bridgehead atoms. The van der Waals surface area contributed by atoms with Crippen LogP contribution in [0, 0.1) is 0 Å². The summed E-state index contributed by atoms with van der Waals surface area (Å²) in [5.74, 6) is -0.638. The van der Waals surface area contributed by atoms with Crippen molar-refractivity contribution in [1.29, 1.82) is 0 Å². The van der Waals surface area contributed by atoms with Crippen molar-refractivity contribution in [2.45, 2.75) is 6.92 Å². The van der Waals surface area contributed by atoms with Crippen molar-refractivity contribution in [3.8, 4) is 0 Å². The largest absolute Gasteiger partial charge is 0.462 e. The molecule has 2 aromatic rings. The lowest BCUT2D eigenvalue weighted by Gasteiger charge is -2.12. The minimum atomic E-state index is -0.397. The fourth-order valence-electron chi connectivity index (χ4n) is 2.25. The van der Waals surface area contributed by atoms with Gasteiger partial charge >= 0.3 is 5.97 Å². The number of carbonyl (C=O) groups excluding carboxylic acids is 2. The minimum absolute atomic E-state index is 0.242. The van der Waals surface area contributed by atoms with Gasteiger partial charge in [0.05, 0.1) is 17.9 Å². The van der Waals surface area contributed by atoms with Gasteiger partial charge < -0.3 is 20.3 Å². The molecular formula is C19H24N4O3. The molecule has 0 spiro atoms. The third-order valence-corrected chi connectivity index (χ3v) is 3.54. The van der Waals surface area contributed by atoms with Crippen molar-refractivity contribution >= 4 is 23.3 Å². The number of hydrogen-bond acceptors (Lipinski definition) is 6. The zero-order valence-electron chi connectivity index (χ0n) is 15.3. The van der Waals surface area contributed by atoms with E-state index < -0.39 is 5.97 Å². The van der Waals surface area contributed by atoms with E-state index in [1.54, 1.807) is 43.5 Å². The van der Waals surface area contributed by atoms with E-state index in [2.05, 4.69) is 15.6 Å². The highest BCUT2D eigenvalue weighted by Gasteiger charge is 2.13. The van der Waals surface area contributed by atoms with Gasteiger partial charge in [0.1, 0.15) is 5.69 Å². The van der Waals surface area contributed by atoms with Crippen LogP contribution >= 0.6 is 0 Å². The van der Waals surface area contributed by atoms with E-state index in [4.69, 9.17) is 4.74 Å². The Balaban J connectivity index is 2.12. The number of ether oxygens (including phenoxy) is 1. The van der Waals surface area contributed by atoms with Gasteiger partial charge in [-0.25, -0.2) is 4.79 Å². The topological polar surface area (TPSA) is 83.6 Å². The predicted octanol–water partition coefficient (Wildman–Crippen LogP) is 2.29. The zero-order valence-corrected chi connectivity index (χ0v) is 15.3. The lowest BCUT2D eigenvalue weighted by atomic mass is 10.1. The van der Waals surface area contributed by atoms with E-state index in [-0.39, 0.29) is 5.91 Å². The smallest absolute Gasteiger partial charge is 0.340 e. The molecule has 2 rings (SSSR count). The highest BCUT2D eigenvalue weighted by molar-refractivity contribution is 5.97. The number of esters is 1. The first-order chi connectivity index (χ1) is 12.5. The molecule has 0 atom stereocenters. The third-order valence-electron chi connectivity index (χ3n) is 3.54. The van der Waals surface area contributed by atoms with Gasteiger partial charge in [-0.3, -0.25) is 9.78 Å². The van der Waals surface area contributed by atoms with Gasteiger partial charge in [0.2, 0.25) is 0 Å². The van der Waals surface area contributed by atoms with E-state index in [1.807, 2.05) is 25.1 Å². The number of hydrogen-bond donors (Lipinski definition) is 2. The maximum atomic E-state index is 12.2. The number of nitrogens with one attached hydrogen (secondary N) is 2. The summed E-state index contributed by atoms with van der Waals surface area (Å²) in [4.78, 5) is 30.4. The Morgan fingerprint density at radius 2 is 1.96 bits per heavy atom. The normalized spacial score (nSPS) is 10.5. The van der Waals surface area contributed by atoms with E-state index in [0.717, 1.165) is 6.54 Å². The van der Waals surface area contributed by atoms with Gasteiger partial charge in [0.25, 0.3) is 5.91 Å². The zero-order chi connectivity index (χ0) is 18.9. The predicted molar refractivity (Wildman–Crippen MR) is 101 cm³/mol. The van der Waals surface area contributed by atoms with Crippen molar-refractivity contribution in [2.24, 2.45) is 0 Å².